The molecule has 3 N–H and O–H groups in total. The molecule has 0 spiro atoms. The molecular formula is C13H28IN3O. The van der Waals surface area contributed by atoms with E-state index in [1.165, 1.54) is 32.1 Å². The van der Waals surface area contributed by atoms with Crippen molar-refractivity contribution < 1.29 is 5.11 Å². The summed E-state index contributed by atoms with van der Waals surface area (Å²) in [5.41, 5.74) is 0.276. The number of rotatable bonds is 5. The Bertz CT molecular complexity index is 235. The molecule has 0 bridgehead atoms. The zero-order valence-corrected chi connectivity index (χ0v) is 14.0. The van der Waals surface area contributed by atoms with Gasteiger partial charge in [0.1, 0.15) is 0 Å². The molecule has 1 fully saturated rings. The van der Waals surface area contributed by atoms with Gasteiger partial charge in [-0.3, -0.25) is 4.99 Å². The van der Waals surface area contributed by atoms with Crippen molar-refractivity contribution in [3.63, 3.8) is 0 Å². The van der Waals surface area contributed by atoms with Crippen molar-refractivity contribution in [1.82, 2.24) is 10.6 Å². The van der Waals surface area contributed by atoms with Crippen molar-refractivity contribution in [3.05, 3.63) is 0 Å². The van der Waals surface area contributed by atoms with Crippen molar-refractivity contribution in [2.24, 2.45) is 10.4 Å². The maximum atomic E-state index is 9.24. The third kappa shape index (κ3) is 5.73. The summed E-state index contributed by atoms with van der Waals surface area (Å²) < 4.78 is 0. The van der Waals surface area contributed by atoms with E-state index in [0.717, 1.165) is 25.5 Å². The van der Waals surface area contributed by atoms with Gasteiger partial charge in [-0.2, -0.15) is 0 Å². The number of hydrogen-bond acceptors (Lipinski definition) is 2. The topological polar surface area (TPSA) is 56.7 Å². The van der Waals surface area contributed by atoms with E-state index in [2.05, 4.69) is 22.5 Å². The highest BCUT2D eigenvalue weighted by Crippen LogP contribution is 2.38. The van der Waals surface area contributed by atoms with Gasteiger partial charge < -0.3 is 15.7 Å². The Balaban J connectivity index is 0.00000289. The zero-order chi connectivity index (χ0) is 12.6. The highest BCUT2D eigenvalue weighted by molar-refractivity contribution is 14.0. The largest absolute Gasteiger partial charge is 0.396 e. The van der Waals surface area contributed by atoms with Crippen LogP contribution in [-0.4, -0.2) is 37.8 Å². The first-order chi connectivity index (χ1) is 8.26. The van der Waals surface area contributed by atoms with Crippen LogP contribution < -0.4 is 10.6 Å². The molecule has 0 aromatic rings. The minimum absolute atomic E-state index is 0. The second kappa shape index (κ2) is 9.83. The lowest BCUT2D eigenvalue weighted by molar-refractivity contribution is 0.131. The number of aliphatic hydroxyl groups excluding tert-OH is 1. The van der Waals surface area contributed by atoms with Crippen LogP contribution in [0.4, 0.5) is 0 Å². The fraction of sp³-hybridized carbons (Fsp3) is 0.923. The molecule has 0 aromatic carbocycles. The molecule has 1 rings (SSSR count). The van der Waals surface area contributed by atoms with Gasteiger partial charge in [-0.25, -0.2) is 0 Å². The molecule has 0 heterocycles. The SMILES string of the molecule is CCNC(=NC)NCC1(CCO)CCCCC1.I. The molecule has 1 aliphatic rings. The van der Waals surface area contributed by atoms with Crippen LogP contribution in [0.15, 0.2) is 4.99 Å². The lowest BCUT2D eigenvalue weighted by Crippen LogP contribution is -2.44. The van der Waals surface area contributed by atoms with Gasteiger partial charge in [-0.05, 0) is 31.6 Å². The minimum Gasteiger partial charge on any atom is -0.396 e. The number of nitrogens with zero attached hydrogens (tertiary/aromatic N) is 1. The molecule has 0 amide bonds. The van der Waals surface area contributed by atoms with E-state index >= 15 is 0 Å². The number of guanidine groups is 1. The Labute approximate surface area is 128 Å². The molecule has 108 valence electrons. The Morgan fingerprint density at radius 3 is 2.39 bits per heavy atom. The van der Waals surface area contributed by atoms with Crippen molar-refractivity contribution in [3.8, 4) is 0 Å². The standard InChI is InChI=1S/C13H27N3O.HI/c1-3-15-12(14-2)16-11-13(9-10-17)7-5-4-6-8-13;/h17H,3-11H2,1-2H3,(H2,14,15,16);1H. The van der Waals surface area contributed by atoms with Gasteiger partial charge in [0.05, 0.1) is 0 Å². The van der Waals surface area contributed by atoms with Crippen LogP contribution in [0.5, 0.6) is 0 Å². The number of hydrogen-bond donors (Lipinski definition) is 3. The molecule has 0 unspecified atom stereocenters. The second-order valence-corrected chi connectivity index (χ2v) is 4.99. The Kier molecular flexibility index (Phi) is 9.81. The normalized spacial score (nSPS) is 18.9. The predicted octanol–water partition coefficient (Wildman–Crippen LogP) is 2.12. The molecular weight excluding hydrogens is 341 g/mol. The molecule has 0 aliphatic heterocycles. The van der Waals surface area contributed by atoms with E-state index < -0.39 is 0 Å². The summed E-state index contributed by atoms with van der Waals surface area (Å²) in [6.07, 6.45) is 7.29. The molecule has 1 saturated carbocycles. The molecule has 4 nitrogen and oxygen atoms in total. The lowest BCUT2D eigenvalue weighted by Gasteiger charge is -2.37. The first-order valence-electron chi connectivity index (χ1n) is 6.82. The average Bonchev–Trinajstić information content (AvgIpc) is 2.36. The minimum atomic E-state index is 0. The van der Waals surface area contributed by atoms with E-state index in [0.29, 0.717) is 6.61 Å². The third-order valence-electron chi connectivity index (χ3n) is 3.76. The summed E-state index contributed by atoms with van der Waals surface area (Å²) in [6.45, 7) is 4.17. The summed E-state index contributed by atoms with van der Waals surface area (Å²) >= 11 is 0. The first kappa shape index (κ1) is 18.0. The quantitative estimate of drug-likeness (QED) is 0.395. The van der Waals surface area contributed by atoms with Gasteiger partial charge >= 0.3 is 0 Å². The van der Waals surface area contributed by atoms with E-state index in [1.54, 1.807) is 7.05 Å². The van der Waals surface area contributed by atoms with Gasteiger partial charge in [0.2, 0.25) is 0 Å². The maximum Gasteiger partial charge on any atom is 0.190 e. The van der Waals surface area contributed by atoms with Gasteiger partial charge in [0.15, 0.2) is 5.96 Å². The average molecular weight is 369 g/mol. The predicted molar refractivity (Wildman–Crippen MR) is 87.7 cm³/mol. The highest BCUT2D eigenvalue weighted by Gasteiger charge is 2.31. The molecule has 0 aromatic heterocycles. The van der Waals surface area contributed by atoms with Crippen molar-refractivity contribution in [1.29, 1.82) is 0 Å². The first-order valence-corrected chi connectivity index (χ1v) is 6.82. The van der Waals surface area contributed by atoms with Crippen molar-refractivity contribution in [2.75, 3.05) is 26.7 Å². The van der Waals surface area contributed by atoms with Gasteiger partial charge in [-0.15, -0.1) is 24.0 Å². The number of aliphatic imine (C=N–C) groups is 1. The molecule has 0 atom stereocenters. The van der Waals surface area contributed by atoms with E-state index in [-0.39, 0.29) is 29.4 Å². The Morgan fingerprint density at radius 1 is 1.22 bits per heavy atom. The Morgan fingerprint density at radius 2 is 1.89 bits per heavy atom. The molecule has 1 aliphatic carbocycles. The summed E-state index contributed by atoms with van der Waals surface area (Å²) in [5, 5.41) is 15.8. The number of aliphatic hydroxyl groups is 1. The van der Waals surface area contributed by atoms with Gasteiger partial charge in [0, 0.05) is 26.7 Å². The molecule has 5 heteroatoms. The summed E-state index contributed by atoms with van der Waals surface area (Å²) in [4.78, 5) is 4.19. The summed E-state index contributed by atoms with van der Waals surface area (Å²) in [7, 11) is 1.80. The smallest absolute Gasteiger partial charge is 0.190 e. The third-order valence-corrected chi connectivity index (χ3v) is 3.76. The van der Waals surface area contributed by atoms with Crippen LogP contribution in [-0.2, 0) is 0 Å². The number of nitrogens with one attached hydrogen (secondary N) is 2. The van der Waals surface area contributed by atoms with Crippen LogP contribution in [0.25, 0.3) is 0 Å². The molecule has 18 heavy (non-hydrogen) atoms. The van der Waals surface area contributed by atoms with Crippen LogP contribution in [0, 0.1) is 5.41 Å². The zero-order valence-electron chi connectivity index (χ0n) is 11.7. The fourth-order valence-corrected chi connectivity index (χ4v) is 2.71. The maximum absolute atomic E-state index is 9.24. The van der Waals surface area contributed by atoms with Crippen molar-refractivity contribution in [2.45, 2.75) is 45.4 Å². The summed E-state index contributed by atoms with van der Waals surface area (Å²) in [5.74, 6) is 0.871. The highest BCUT2D eigenvalue weighted by atomic mass is 127. The number of halogens is 1. The van der Waals surface area contributed by atoms with Gasteiger partial charge in [0.25, 0.3) is 0 Å². The summed E-state index contributed by atoms with van der Waals surface area (Å²) in [6, 6.07) is 0. The van der Waals surface area contributed by atoms with E-state index in [1.807, 2.05) is 0 Å². The molecule has 0 saturated heterocycles. The fourth-order valence-electron chi connectivity index (χ4n) is 2.71. The van der Waals surface area contributed by atoms with Crippen LogP contribution >= 0.6 is 24.0 Å². The monoisotopic (exact) mass is 369 g/mol. The van der Waals surface area contributed by atoms with E-state index in [4.69, 9.17) is 0 Å². The van der Waals surface area contributed by atoms with Crippen molar-refractivity contribution >= 4 is 29.9 Å². The van der Waals surface area contributed by atoms with Gasteiger partial charge in [-0.1, -0.05) is 19.3 Å². The second-order valence-electron chi connectivity index (χ2n) is 4.99. The van der Waals surface area contributed by atoms with Crippen LogP contribution in [0.2, 0.25) is 0 Å². The van der Waals surface area contributed by atoms with Crippen LogP contribution in [0.3, 0.4) is 0 Å². The van der Waals surface area contributed by atoms with Crippen LogP contribution in [0.1, 0.15) is 45.4 Å². The lowest BCUT2D eigenvalue weighted by atomic mass is 9.72. The molecule has 0 radical (unpaired) electrons. The van der Waals surface area contributed by atoms with E-state index in [9.17, 15) is 5.11 Å². The Hall–Kier alpha value is -0.0400.